The molecule has 12 heteroatoms. The van der Waals surface area contributed by atoms with E-state index in [2.05, 4.69) is 14.5 Å². The molecule has 0 aromatic heterocycles. The van der Waals surface area contributed by atoms with E-state index in [-0.39, 0.29) is 0 Å². The Morgan fingerprint density at radius 2 is 0.889 bits per heavy atom. The molecular weight excluding hydrogens is 258 g/mol. The normalized spacial score (nSPS) is 9.33. The van der Waals surface area contributed by atoms with E-state index in [0.717, 1.165) is 18.2 Å². The van der Waals surface area contributed by atoms with Crippen LogP contribution in [0.4, 0.5) is 0 Å². The van der Waals surface area contributed by atoms with E-state index < -0.39 is 32.5 Å². The van der Waals surface area contributed by atoms with Gasteiger partial charge in [-0.2, -0.15) is 0 Å². The second kappa shape index (κ2) is 5.24. The Bertz CT molecular complexity index is 417. The summed E-state index contributed by atoms with van der Waals surface area (Å²) in [5.74, 6) is -1.59. The van der Waals surface area contributed by atoms with Gasteiger partial charge in [-0.1, -0.05) is 0 Å². The topological polar surface area (TPSA) is 157 Å². The standard InChI is InChI=1S/C6H3N3O9/c10-7(11)16-4-1-5(17-8(12)13)3-6(2-4)18-9(14)15/h1-3H. The van der Waals surface area contributed by atoms with Crippen LogP contribution in [0.25, 0.3) is 0 Å². The third-order valence-corrected chi connectivity index (χ3v) is 1.39. The van der Waals surface area contributed by atoms with Gasteiger partial charge in [0.2, 0.25) is 0 Å². The van der Waals surface area contributed by atoms with E-state index in [4.69, 9.17) is 0 Å². The van der Waals surface area contributed by atoms with E-state index in [1.54, 1.807) is 0 Å². The Kier molecular flexibility index (Phi) is 3.75. The maximum atomic E-state index is 10.1. The van der Waals surface area contributed by atoms with E-state index in [1.165, 1.54) is 0 Å². The molecule has 0 heterocycles. The van der Waals surface area contributed by atoms with Crippen molar-refractivity contribution in [2.45, 2.75) is 0 Å². The highest BCUT2D eigenvalue weighted by Crippen LogP contribution is 2.28. The Morgan fingerprint density at radius 3 is 1.06 bits per heavy atom. The number of benzene rings is 1. The van der Waals surface area contributed by atoms with Crippen LogP contribution in [0.2, 0.25) is 0 Å². The predicted molar refractivity (Wildman–Crippen MR) is 49.3 cm³/mol. The van der Waals surface area contributed by atoms with Gasteiger partial charge in [-0.25, -0.2) is 0 Å². The molecule has 0 amide bonds. The minimum absolute atomic E-state index is 0.531. The van der Waals surface area contributed by atoms with Crippen LogP contribution in [0.5, 0.6) is 17.2 Å². The van der Waals surface area contributed by atoms with Crippen LogP contribution in [0.3, 0.4) is 0 Å². The highest BCUT2D eigenvalue weighted by atomic mass is 17.0. The Hall–Kier alpha value is -3.18. The summed E-state index contributed by atoms with van der Waals surface area (Å²) in [6.45, 7) is 0. The van der Waals surface area contributed by atoms with Crippen LogP contribution in [0.1, 0.15) is 0 Å². The zero-order valence-electron chi connectivity index (χ0n) is 8.25. The highest BCUT2D eigenvalue weighted by molar-refractivity contribution is 5.41. The largest absolute Gasteiger partial charge is 0.299 e. The molecule has 0 fully saturated rings. The first-order valence-electron chi connectivity index (χ1n) is 3.99. The zero-order valence-corrected chi connectivity index (χ0v) is 8.25. The SMILES string of the molecule is O=[N+]([O-])Oc1cc(O[N+](=O)[O-])cc(O[N+](=O)[O-])c1. The van der Waals surface area contributed by atoms with Gasteiger partial charge in [0, 0.05) is 0 Å². The smallest absolute Gasteiger partial charge is 0.276 e. The van der Waals surface area contributed by atoms with Crippen molar-refractivity contribution >= 4 is 0 Å². The Morgan fingerprint density at radius 1 is 0.667 bits per heavy atom. The maximum Gasteiger partial charge on any atom is 0.299 e. The molecule has 0 unspecified atom stereocenters. The van der Waals surface area contributed by atoms with Crippen molar-refractivity contribution in [1.82, 2.24) is 0 Å². The average Bonchev–Trinajstić information content (AvgIpc) is 2.12. The fourth-order valence-electron chi connectivity index (χ4n) is 0.962. The molecule has 0 saturated carbocycles. The van der Waals surface area contributed by atoms with Crippen molar-refractivity contribution in [3.8, 4) is 17.2 Å². The molecule has 0 saturated heterocycles. The van der Waals surface area contributed by atoms with Gasteiger partial charge in [0.25, 0.3) is 15.3 Å². The first-order valence-corrected chi connectivity index (χ1v) is 3.99. The molecule has 18 heavy (non-hydrogen) atoms. The second-order valence-corrected chi connectivity index (χ2v) is 2.58. The fourth-order valence-corrected chi connectivity index (χ4v) is 0.962. The van der Waals surface area contributed by atoms with Gasteiger partial charge >= 0.3 is 0 Å². The minimum atomic E-state index is -1.21. The molecule has 12 nitrogen and oxygen atoms in total. The summed E-state index contributed by atoms with van der Waals surface area (Å²) in [6, 6.07) is 2.37. The van der Waals surface area contributed by atoms with Gasteiger partial charge in [-0.05, 0) is 18.2 Å². The van der Waals surface area contributed by atoms with Crippen LogP contribution < -0.4 is 14.5 Å². The van der Waals surface area contributed by atoms with Gasteiger partial charge in [-0.3, -0.25) is 14.5 Å². The summed E-state index contributed by atoms with van der Waals surface area (Å²) in [5.41, 5.74) is 0. The van der Waals surface area contributed by atoms with Gasteiger partial charge in [0.05, 0.1) is 0 Å². The zero-order chi connectivity index (χ0) is 13.7. The van der Waals surface area contributed by atoms with Crippen molar-refractivity contribution in [3.63, 3.8) is 0 Å². The molecule has 0 atom stereocenters. The number of hydrogen-bond donors (Lipinski definition) is 0. The van der Waals surface area contributed by atoms with Gasteiger partial charge in [0.1, 0.15) is 17.2 Å². The first-order chi connectivity index (χ1) is 8.36. The summed E-state index contributed by atoms with van der Waals surface area (Å²) < 4.78 is 0. The summed E-state index contributed by atoms with van der Waals surface area (Å²) in [5, 5.41) is 26.6. The third kappa shape index (κ3) is 4.13. The summed E-state index contributed by atoms with van der Waals surface area (Å²) >= 11 is 0. The monoisotopic (exact) mass is 261 g/mol. The molecular formula is C6H3N3O9. The predicted octanol–water partition coefficient (Wildman–Crippen LogP) is 0.398. The lowest BCUT2D eigenvalue weighted by molar-refractivity contribution is -0.715. The number of hydrogen-bond acceptors (Lipinski definition) is 9. The van der Waals surface area contributed by atoms with Crippen molar-refractivity contribution in [2.75, 3.05) is 0 Å². The van der Waals surface area contributed by atoms with Crippen molar-refractivity contribution in [1.29, 1.82) is 0 Å². The van der Waals surface area contributed by atoms with Crippen molar-refractivity contribution in [2.24, 2.45) is 0 Å². The fraction of sp³-hybridized carbons (Fsp3) is 0. The molecule has 0 N–H and O–H groups in total. The quantitative estimate of drug-likeness (QED) is 0.521. The second-order valence-electron chi connectivity index (χ2n) is 2.58. The van der Waals surface area contributed by atoms with Crippen LogP contribution in [0.15, 0.2) is 18.2 Å². The van der Waals surface area contributed by atoms with Crippen LogP contribution >= 0.6 is 0 Å². The van der Waals surface area contributed by atoms with Gasteiger partial charge in [0.15, 0.2) is 0 Å². The number of nitrogens with zero attached hydrogens (tertiary/aromatic N) is 3. The molecule has 0 aliphatic carbocycles. The van der Waals surface area contributed by atoms with Gasteiger partial charge < -0.3 is 0 Å². The van der Waals surface area contributed by atoms with Crippen molar-refractivity contribution in [3.05, 3.63) is 48.5 Å². The lowest BCUT2D eigenvalue weighted by Crippen LogP contribution is -2.08. The lowest BCUT2D eigenvalue weighted by atomic mass is 10.3. The molecule has 96 valence electrons. The summed E-state index contributed by atoms with van der Waals surface area (Å²) in [4.78, 5) is 42.1. The molecule has 0 aliphatic rings. The van der Waals surface area contributed by atoms with Crippen LogP contribution in [0, 0.1) is 30.3 Å². The van der Waals surface area contributed by atoms with Gasteiger partial charge in [-0.15, -0.1) is 30.3 Å². The van der Waals surface area contributed by atoms with E-state index >= 15 is 0 Å². The molecule has 1 rings (SSSR count). The maximum absolute atomic E-state index is 10.1. The van der Waals surface area contributed by atoms with E-state index in [0.29, 0.717) is 0 Å². The Labute approximate surface area is 96.6 Å². The summed E-state index contributed by atoms with van der Waals surface area (Å²) in [6.07, 6.45) is 0. The number of rotatable bonds is 6. The third-order valence-electron chi connectivity index (χ3n) is 1.39. The molecule has 0 spiro atoms. The molecule has 1 aromatic carbocycles. The highest BCUT2D eigenvalue weighted by Gasteiger charge is 2.10. The lowest BCUT2D eigenvalue weighted by Gasteiger charge is -2.05. The Balaban J connectivity index is 3.06. The molecule has 1 aromatic rings. The average molecular weight is 261 g/mol. The minimum Gasteiger partial charge on any atom is -0.276 e. The first kappa shape index (κ1) is 12.9. The summed E-state index contributed by atoms with van der Waals surface area (Å²) in [7, 11) is 0. The van der Waals surface area contributed by atoms with E-state index in [1.807, 2.05) is 0 Å². The van der Waals surface area contributed by atoms with Crippen LogP contribution in [-0.2, 0) is 0 Å². The molecule has 0 radical (unpaired) electrons. The molecule has 0 bridgehead atoms. The molecule has 0 aliphatic heterocycles. The van der Waals surface area contributed by atoms with E-state index in [9.17, 15) is 30.3 Å². The van der Waals surface area contributed by atoms with Crippen LogP contribution in [-0.4, -0.2) is 15.3 Å². The van der Waals surface area contributed by atoms with Crippen molar-refractivity contribution < 1.29 is 29.8 Å².